The van der Waals surface area contributed by atoms with E-state index in [0.29, 0.717) is 33.6 Å². The minimum Gasteiger partial charge on any atom is -0.496 e. The second-order valence-corrected chi connectivity index (χ2v) is 6.85. The molecule has 3 rings (SSSR count). The van der Waals surface area contributed by atoms with Crippen LogP contribution in [-0.2, 0) is 12.2 Å². The molecule has 0 saturated heterocycles. The standard InChI is InChI=1S/C19H19FN4O2S/c1-12(25)13-7-8-17(26-2)15(9-13)11-27-19-23-22-18(24(19)21)10-14-5-3-4-6-16(14)20/h3-9H,10-11,21H2,1-2H3. The third kappa shape index (κ3) is 4.28. The first-order valence-electron chi connectivity index (χ1n) is 8.23. The number of ether oxygens (including phenoxy) is 1. The van der Waals surface area contributed by atoms with E-state index in [0.717, 1.165) is 5.56 Å². The number of benzene rings is 2. The average molecular weight is 386 g/mol. The Kier molecular flexibility index (Phi) is 5.75. The van der Waals surface area contributed by atoms with E-state index in [9.17, 15) is 9.18 Å². The molecule has 1 heterocycles. The molecular weight excluding hydrogens is 367 g/mol. The van der Waals surface area contributed by atoms with Crippen LogP contribution < -0.4 is 10.6 Å². The molecule has 0 atom stereocenters. The lowest BCUT2D eigenvalue weighted by Gasteiger charge is -2.09. The second-order valence-electron chi connectivity index (χ2n) is 5.91. The van der Waals surface area contributed by atoms with Crippen molar-refractivity contribution in [2.24, 2.45) is 0 Å². The van der Waals surface area contributed by atoms with Gasteiger partial charge in [0, 0.05) is 23.3 Å². The molecule has 0 spiro atoms. The minimum atomic E-state index is -0.305. The molecule has 3 aromatic rings. The first kappa shape index (κ1) is 18.9. The molecule has 8 heteroatoms. The van der Waals surface area contributed by atoms with Gasteiger partial charge in [0.15, 0.2) is 11.6 Å². The normalized spacial score (nSPS) is 10.8. The van der Waals surface area contributed by atoms with Crippen LogP contribution in [0.25, 0.3) is 0 Å². The molecule has 0 radical (unpaired) electrons. The van der Waals surface area contributed by atoms with Crippen molar-refractivity contribution in [1.29, 1.82) is 0 Å². The first-order valence-corrected chi connectivity index (χ1v) is 9.21. The maximum Gasteiger partial charge on any atom is 0.210 e. The van der Waals surface area contributed by atoms with Crippen LogP contribution in [-0.4, -0.2) is 27.8 Å². The molecule has 0 fully saturated rings. The Labute approximate surface area is 160 Å². The number of nitrogens with two attached hydrogens (primary N) is 1. The van der Waals surface area contributed by atoms with Gasteiger partial charge in [-0.15, -0.1) is 10.2 Å². The Hall–Kier alpha value is -2.87. The number of methoxy groups -OCH3 is 1. The van der Waals surface area contributed by atoms with E-state index in [1.165, 1.54) is 29.4 Å². The van der Waals surface area contributed by atoms with Gasteiger partial charge in [0.25, 0.3) is 0 Å². The predicted octanol–water partition coefficient (Wildman–Crippen LogP) is 3.23. The highest BCUT2D eigenvalue weighted by Gasteiger charge is 2.14. The minimum absolute atomic E-state index is 0.0157. The molecular formula is C19H19FN4O2S. The summed E-state index contributed by atoms with van der Waals surface area (Å²) in [6.45, 7) is 1.52. The number of nitrogen functional groups attached to an aromatic ring is 1. The van der Waals surface area contributed by atoms with E-state index in [-0.39, 0.29) is 18.0 Å². The van der Waals surface area contributed by atoms with Crippen molar-refractivity contribution in [2.45, 2.75) is 24.3 Å². The fraction of sp³-hybridized carbons (Fsp3) is 0.211. The third-order valence-corrected chi connectivity index (χ3v) is 5.08. The lowest BCUT2D eigenvalue weighted by atomic mass is 10.1. The molecule has 0 bridgehead atoms. The smallest absolute Gasteiger partial charge is 0.210 e. The summed E-state index contributed by atoms with van der Waals surface area (Å²) < 4.78 is 20.5. The van der Waals surface area contributed by atoms with Gasteiger partial charge in [-0.25, -0.2) is 9.07 Å². The first-order chi connectivity index (χ1) is 13.0. The zero-order valence-corrected chi connectivity index (χ0v) is 15.8. The highest BCUT2D eigenvalue weighted by atomic mass is 32.2. The van der Waals surface area contributed by atoms with Crippen molar-refractivity contribution in [3.05, 3.63) is 70.8 Å². The summed E-state index contributed by atoms with van der Waals surface area (Å²) in [7, 11) is 1.58. The topological polar surface area (TPSA) is 83.0 Å². The van der Waals surface area contributed by atoms with Crippen LogP contribution in [0.1, 0.15) is 34.2 Å². The fourth-order valence-corrected chi connectivity index (χ4v) is 3.44. The van der Waals surface area contributed by atoms with Crippen LogP contribution in [0.3, 0.4) is 0 Å². The quantitative estimate of drug-likeness (QED) is 0.381. The summed E-state index contributed by atoms with van der Waals surface area (Å²) in [5.41, 5.74) is 1.97. The van der Waals surface area contributed by atoms with Crippen LogP contribution in [0.5, 0.6) is 5.75 Å². The molecule has 0 aliphatic rings. The van der Waals surface area contributed by atoms with Crippen LogP contribution >= 0.6 is 11.8 Å². The molecule has 6 nitrogen and oxygen atoms in total. The highest BCUT2D eigenvalue weighted by Crippen LogP contribution is 2.28. The number of Topliss-reactive ketones (excluding diaryl/α,β-unsaturated/α-hetero) is 1. The number of hydrogen-bond donors (Lipinski definition) is 1. The van der Waals surface area contributed by atoms with E-state index in [1.807, 2.05) is 0 Å². The van der Waals surface area contributed by atoms with Crippen molar-refractivity contribution >= 4 is 17.5 Å². The zero-order valence-electron chi connectivity index (χ0n) is 15.0. The monoisotopic (exact) mass is 386 g/mol. The molecule has 0 aliphatic heterocycles. The number of nitrogens with zero attached hydrogens (tertiary/aromatic N) is 3. The fourth-order valence-electron chi connectivity index (χ4n) is 2.59. The molecule has 2 N–H and O–H groups in total. The molecule has 0 unspecified atom stereocenters. The van der Waals surface area contributed by atoms with E-state index in [4.69, 9.17) is 10.6 Å². The largest absolute Gasteiger partial charge is 0.496 e. The van der Waals surface area contributed by atoms with E-state index >= 15 is 0 Å². The van der Waals surface area contributed by atoms with Crippen LogP contribution in [0, 0.1) is 5.82 Å². The summed E-state index contributed by atoms with van der Waals surface area (Å²) in [5.74, 6) is 7.40. The lowest BCUT2D eigenvalue weighted by Crippen LogP contribution is -2.14. The number of carbonyl (C=O) groups excluding carboxylic acids is 1. The van der Waals surface area contributed by atoms with E-state index in [2.05, 4.69) is 10.2 Å². The number of hydrogen-bond acceptors (Lipinski definition) is 6. The Morgan fingerprint density at radius 2 is 2.00 bits per heavy atom. The van der Waals surface area contributed by atoms with Crippen molar-refractivity contribution in [3.8, 4) is 5.75 Å². The van der Waals surface area contributed by atoms with Crippen molar-refractivity contribution < 1.29 is 13.9 Å². The second kappa shape index (κ2) is 8.22. The number of rotatable bonds is 7. The molecule has 0 saturated carbocycles. The van der Waals surface area contributed by atoms with Crippen molar-refractivity contribution in [3.63, 3.8) is 0 Å². The Morgan fingerprint density at radius 1 is 1.22 bits per heavy atom. The van der Waals surface area contributed by atoms with Crippen molar-refractivity contribution in [1.82, 2.24) is 14.9 Å². The van der Waals surface area contributed by atoms with Gasteiger partial charge in [0.05, 0.1) is 7.11 Å². The van der Waals surface area contributed by atoms with Crippen molar-refractivity contribution in [2.75, 3.05) is 13.0 Å². The SMILES string of the molecule is COc1ccc(C(C)=O)cc1CSc1nnc(Cc2ccccc2F)n1N. The highest BCUT2D eigenvalue weighted by molar-refractivity contribution is 7.98. The maximum absolute atomic E-state index is 13.8. The van der Waals surface area contributed by atoms with Gasteiger partial charge in [0.2, 0.25) is 5.16 Å². The predicted molar refractivity (Wildman–Crippen MR) is 102 cm³/mol. The van der Waals surface area contributed by atoms with Crippen LogP contribution in [0.2, 0.25) is 0 Å². The van der Waals surface area contributed by atoms with Gasteiger partial charge in [-0.3, -0.25) is 4.79 Å². The molecule has 27 heavy (non-hydrogen) atoms. The summed E-state index contributed by atoms with van der Waals surface area (Å²) in [6, 6.07) is 11.8. The van der Waals surface area contributed by atoms with E-state index in [1.54, 1.807) is 43.5 Å². The average Bonchev–Trinajstić information content (AvgIpc) is 3.01. The zero-order chi connectivity index (χ0) is 19.4. The van der Waals surface area contributed by atoms with Gasteiger partial charge in [0.1, 0.15) is 11.6 Å². The van der Waals surface area contributed by atoms with Gasteiger partial charge >= 0.3 is 0 Å². The molecule has 140 valence electrons. The molecule has 2 aromatic carbocycles. The summed E-state index contributed by atoms with van der Waals surface area (Å²) >= 11 is 1.36. The Morgan fingerprint density at radius 3 is 2.70 bits per heavy atom. The van der Waals surface area contributed by atoms with Gasteiger partial charge in [-0.2, -0.15) is 0 Å². The molecule has 1 aromatic heterocycles. The third-order valence-electron chi connectivity index (χ3n) is 4.09. The number of ketones is 1. The van der Waals surface area contributed by atoms with E-state index < -0.39 is 0 Å². The number of halogens is 1. The van der Waals surface area contributed by atoms with Crippen LogP contribution in [0.4, 0.5) is 4.39 Å². The Balaban J connectivity index is 1.76. The molecule has 0 aliphatic carbocycles. The lowest BCUT2D eigenvalue weighted by molar-refractivity contribution is 0.101. The van der Waals surface area contributed by atoms with Gasteiger partial charge in [-0.1, -0.05) is 30.0 Å². The summed E-state index contributed by atoms with van der Waals surface area (Å²) in [6.07, 6.45) is 0.250. The molecule has 0 amide bonds. The van der Waals surface area contributed by atoms with Gasteiger partial charge < -0.3 is 10.6 Å². The number of aromatic nitrogens is 3. The summed E-state index contributed by atoms with van der Waals surface area (Å²) in [4.78, 5) is 11.6. The maximum atomic E-state index is 13.8. The van der Waals surface area contributed by atoms with Crippen LogP contribution in [0.15, 0.2) is 47.6 Å². The van der Waals surface area contributed by atoms with Gasteiger partial charge in [-0.05, 0) is 36.8 Å². The number of thioether (sulfide) groups is 1. The Bertz CT molecular complexity index is 974. The number of carbonyl (C=O) groups is 1. The summed E-state index contributed by atoms with van der Waals surface area (Å²) in [5, 5.41) is 8.66.